The topological polar surface area (TPSA) is 92.5 Å². The van der Waals surface area contributed by atoms with Gasteiger partial charge in [-0.2, -0.15) is 0 Å². The van der Waals surface area contributed by atoms with Crippen LogP contribution in [0.4, 0.5) is 0 Å². The molecule has 0 bridgehead atoms. The van der Waals surface area contributed by atoms with Gasteiger partial charge in [-0.25, -0.2) is 0 Å². The van der Waals surface area contributed by atoms with Gasteiger partial charge in [-0.3, -0.25) is 20.4 Å². The first kappa shape index (κ1) is 18.8. The molecule has 3 rings (SSSR count). The van der Waals surface area contributed by atoms with E-state index in [0.717, 1.165) is 21.1 Å². The lowest BCUT2D eigenvalue weighted by atomic mass is 10.2. The van der Waals surface area contributed by atoms with E-state index in [4.69, 9.17) is 9.47 Å². The summed E-state index contributed by atoms with van der Waals surface area (Å²) in [6.45, 7) is 2.25. The Bertz CT molecular complexity index is 953. The Morgan fingerprint density at radius 3 is 2.48 bits per heavy atom. The molecule has 3 N–H and O–H groups in total. The second-order valence-electron chi connectivity index (χ2n) is 5.61. The van der Waals surface area contributed by atoms with E-state index in [1.807, 2.05) is 37.3 Å². The molecule has 140 valence electrons. The molecule has 1 aromatic heterocycles. The van der Waals surface area contributed by atoms with Crippen molar-refractivity contribution in [3.05, 3.63) is 58.7 Å². The van der Waals surface area contributed by atoms with Gasteiger partial charge >= 0.3 is 0 Å². The molecule has 0 unspecified atom stereocenters. The summed E-state index contributed by atoms with van der Waals surface area (Å²) < 4.78 is 11.7. The smallest absolute Gasteiger partial charge is 0.286 e. The zero-order valence-corrected chi connectivity index (χ0v) is 16.1. The van der Waals surface area contributed by atoms with Gasteiger partial charge in [0.15, 0.2) is 6.61 Å². The van der Waals surface area contributed by atoms with E-state index in [1.54, 1.807) is 18.2 Å². The number of halogens is 1. The lowest BCUT2D eigenvalue weighted by Crippen LogP contribution is -2.43. The predicted molar refractivity (Wildman–Crippen MR) is 105 cm³/mol. The van der Waals surface area contributed by atoms with Gasteiger partial charge in [0.25, 0.3) is 11.8 Å². The summed E-state index contributed by atoms with van der Waals surface area (Å²) in [7, 11) is 0. The summed E-state index contributed by atoms with van der Waals surface area (Å²) in [5, 5.41) is 0.869. The fourth-order valence-electron chi connectivity index (χ4n) is 2.39. The summed E-state index contributed by atoms with van der Waals surface area (Å²) >= 11 is 3.32. The van der Waals surface area contributed by atoms with Gasteiger partial charge in [0.05, 0.1) is 6.61 Å². The fraction of sp³-hybridized carbons (Fsp3) is 0.158. The van der Waals surface area contributed by atoms with E-state index in [0.29, 0.717) is 18.1 Å². The monoisotopic (exact) mass is 431 g/mol. The third kappa shape index (κ3) is 5.01. The lowest BCUT2D eigenvalue weighted by molar-refractivity contribution is -0.123. The highest BCUT2D eigenvalue weighted by Gasteiger charge is 2.11. The first-order valence-electron chi connectivity index (χ1n) is 8.28. The average Bonchev–Trinajstić information content (AvgIpc) is 3.09. The maximum absolute atomic E-state index is 12.2. The molecule has 2 aromatic carbocycles. The number of H-pyrrole nitrogens is 1. The SMILES string of the molecule is CCOc1ccc2cc(C(=O)NNC(=O)COc3ccc(Br)cc3)[nH]c2c1. The van der Waals surface area contributed by atoms with Gasteiger partial charge in [0.1, 0.15) is 17.2 Å². The van der Waals surface area contributed by atoms with Crippen LogP contribution in [0.1, 0.15) is 17.4 Å². The van der Waals surface area contributed by atoms with Crippen molar-refractivity contribution in [2.45, 2.75) is 6.92 Å². The number of aromatic nitrogens is 1. The minimum Gasteiger partial charge on any atom is -0.494 e. The predicted octanol–water partition coefficient (Wildman–Crippen LogP) is 3.17. The number of carbonyl (C=O) groups excluding carboxylic acids is 2. The lowest BCUT2D eigenvalue weighted by Gasteiger charge is -2.08. The van der Waals surface area contributed by atoms with Crippen molar-refractivity contribution in [3.8, 4) is 11.5 Å². The molecule has 0 saturated heterocycles. The van der Waals surface area contributed by atoms with E-state index >= 15 is 0 Å². The number of fused-ring (bicyclic) bond motifs is 1. The van der Waals surface area contributed by atoms with Crippen LogP contribution in [-0.4, -0.2) is 30.0 Å². The molecule has 0 fully saturated rings. The van der Waals surface area contributed by atoms with Gasteiger partial charge in [0, 0.05) is 21.4 Å². The standard InChI is InChI=1S/C19H18BrN3O4/c1-2-26-15-6-3-12-9-17(21-16(12)10-15)19(25)23-22-18(24)11-27-14-7-4-13(20)5-8-14/h3-10,21H,2,11H2,1H3,(H,22,24)(H,23,25). The van der Waals surface area contributed by atoms with Crippen molar-refractivity contribution in [1.29, 1.82) is 0 Å². The minimum absolute atomic E-state index is 0.216. The van der Waals surface area contributed by atoms with Gasteiger partial charge in [-0.1, -0.05) is 15.9 Å². The maximum Gasteiger partial charge on any atom is 0.286 e. The molecule has 7 nitrogen and oxygen atoms in total. The van der Waals surface area contributed by atoms with Crippen LogP contribution in [0.15, 0.2) is 53.0 Å². The van der Waals surface area contributed by atoms with Crippen LogP contribution >= 0.6 is 15.9 Å². The Morgan fingerprint density at radius 1 is 1.00 bits per heavy atom. The number of ether oxygens (including phenoxy) is 2. The first-order valence-corrected chi connectivity index (χ1v) is 9.07. The normalized spacial score (nSPS) is 10.4. The molecule has 0 saturated carbocycles. The van der Waals surface area contributed by atoms with E-state index < -0.39 is 11.8 Å². The van der Waals surface area contributed by atoms with Crippen LogP contribution in [0.2, 0.25) is 0 Å². The zero-order valence-electron chi connectivity index (χ0n) is 14.5. The van der Waals surface area contributed by atoms with Crippen molar-refractivity contribution in [2.75, 3.05) is 13.2 Å². The molecule has 0 atom stereocenters. The zero-order chi connectivity index (χ0) is 19.2. The molecule has 0 aliphatic rings. The van der Waals surface area contributed by atoms with Crippen molar-refractivity contribution in [1.82, 2.24) is 15.8 Å². The van der Waals surface area contributed by atoms with Crippen LogP contribution in [0.5, 0.6) is 11.5 Å². The van der Waals surface area contributed by atoms with Crippen LogP contribution in [0, 0.1) is 0 Å². The Hall–Kier alpha value is -3.00. The molecule has 27 heavy (non-hydrogen) atoms. The van der Waals surface area contributed by atoms with Crippen molar-refractivity contribution < 1.29 is 19.1 Å². The summed E-state index contributed by atoms with van der Waals surface area (Å²) in [6, 6.07) is 14.3. The number of hydrogen-bond acceptors (Lipinski definition) is 4. The number of hydrazine groups is 1. The van der Waals surface area contributed by atoms with Crippen molar-refractivity contribution in [3.63, 3.8) is 0 Å². The molecule has 3 aromatic rings. The molecule has 1 heterocycles. The second kappa shape index (κ2) is 8.59. The molecule has 0 radical (unpaired) electrons. The van der Waals surface area contributed by atoms with Crippen molar-refractivity contribution >= 4 is 38.6 Å². The van der Waals surface area contributed by atoms with Crippen molar-refractivity contribution in [2.24, 2.45) is 0 Å². The third-order valence-electron chi connectivity index (χ3n) is 3.65. The number of carbonyl (C=O) groups is 2. The van der Waals surface area contributed by atoms with Gasteiger partial charge in [0.2, 0.25) is 0 Å². The molecule has 0 aliphatic carbocycles. The molecular formula is C19H18BrN3O4. The Balaban J connectivity index is 1.53. The molecule has 2 amide bonds. The van der Waals surface area contributed by atoms with Gasteiger partial charge < -0.3 is 14.5 Å². The number of benzene rings is 2. The minimum atomic E-state index is -0.471. The Labute approximate surface area is 164 Å². The number of nitrogens with one attached hydrogen (secondary N) is 3. The second-order valence-corrected chi connectivity index (χ2v) is 6.53. The van der Waals surface area contributed by atoms with E-state index in [1.165, 1.54) is 0 Å². The summed E-state index contributed by atoms with van der Waals surface area (Å²) in [4.78, 5) is 27.0. The highest BCUT2D eigenvalue weighted by atomic mass is 79.9. The molecular weight excluding hydrogens is 414 g/mol. The van der Waals surface area contributed by atoms with Gasteiger partial charge in [-0.15, -0.1) is 0 Å². The largest absolute Gasteiger partial charge is 0.494 e. The molecule has 0 spiro atoms. The quantitative estimate of drug-likeness (QED) is 0.522. The van der Waals surface area contributed by atoms with E-state index in [2.05, 4.69) is 31.8 Å². The Kier molecular flexibility index (Phi) is 5.97. The third-order valence-corrected chi connectivity index (χ3v) is 4.18. The Morgan fingerprint density at radius 2 is 1.74 bits per heavy atom. The number of hydrogen-bond donors (Lipinski definition) is 3. The summed E-state index contributed by atoms with van der Waals surface area (Å²) in [5.41, 5.74) is 5.78. The highest BCUT2D eigenvalue weighted by molar-refractivity contribution is 9.10. The molecule has 0 aliphatic heterocycles. The molecule has 8 heteroatoms. The number of amides is 2. The van der Waals surface area contributed by atoms with Crippen LogP contribution in [-0.2, 0) is 4.79 Å². The highest BCUT2D eigenvalue weighted by Crippen LogP contribution is 2.21. The summed E-state index contributed by atoms with van der Waals surface area (Å²) in [5.74, 6) is 0.347. The summed E-state index contributed by atoms with van der Waals surface area (Å²) in [6.07, 6.45) is 0. The average molecular weight is 432 g/mol. The fourth-order valence-corrected chi connectivity index (χ4v) is 2.66. The van der Waals surface area contributed by atoms with Gasteiger partial charge in [-0.05, 0) is 49.4 Å². The number of aromatic amines is 1. The first-order chi connectivity index (χ1) is 13.0. The van der Waals surface area contributed by atoms with E-state index in [-0.39, 0.29) is 6.61 Å². The van der Waals surface area contributed by atoms with E-state index in [9.17, 15) is 9.59 Å². The van der Waals surface area contributed by atoms with Crippen LogP contribution < -0.4 is 20.3 Å². The van der Waals surface area contributed by atoms with Crippen LogP contribution in [0.3, 0.4) is 0 Å². The number of rotatable bonds is 6. The maximum atomic E-state index is 12.2. The van der Waals surface area contributed by atoms with Crippen LogP contribution in [0.25, 0.3) is 10.9 Å².